The summed E-state index contributed by atoms with van der Waals surface area (Å²) in [5.41, 5.74) is 2.63. The molecule has 1 saturated heterocycles. The van der Waals surface area contributed by atoms with E-state index in [-0.39, 0.29) is 18.2 Å². The molecule has 0 aromatic heterocycles. The molecule has 0 radical (unpaired) electrons. The standard InChI is InChI=1S/C25H21N3O2S/c1-30-22-12-11-17-7-5-6-10-19(17)24(22)20-13-23(29)28-15-27(18-8-3-2-4-9-18)16-31-25(28)21(20)14-26/h2-12,20H,13,15-16H2,1H3. The molecule has 3 aromatic carbocycles. The zero-order valence-electron chi connectivity index (χ0n) is 17.1. The Hall–Kier alpha value is -3.43. The third kappa shape index (κ3) is 3.31. The first kappa shape index (κ1) is 19.5. The molecule has 6 heteroatoms. The number of ether oxygens (including phenoxy) is 1. The quantitative estimate of drug-likeness (QED) is 0.584. The maximum absolute atomic E-state index is 13.3. The Kier molecular flexibility index (Phi) is 5.05. The highest BCUT2D eigenvalue weighted by molar-refractivity contribution is 8.03. The number of nitrogens with zero attached hydrogens (tertiary/aromatic N) is 3. The van der Waals surface area contributed by atoms with Crippen LogP contribution >= 0.6 is 11.8 Å². The first-order chi connectivity index (χ1) is 15.2. The fourth-order valence-electron chi connectivity index (χ4n) is 4.42. The number of thioether (sulfide) groups is 1. The molecule has 5 rings (SSSR count). The third-order valence-corrected chi connectivity index (χ3v) is 7.07. The number of rotatable bonds is 3. The van der Waals surface area contributed by atoms with E-state index in [0.29, 0.717) is 23.9 Å². The summed E-state index contributed by atoms with van der Waals surface area (Å²) >= 11 is 1.55. The van der Waals surface area contributed by atoms with Crippen LogP contribution in [0.2, 0.25) is 0 Å². The zero-order chi connectivity index (χ0) is 21.4. The van der Waals surface area contributed by atoms with Crippen LogP contribution in [0.5, 0.6) is 5.75 Å². The van der Waals surface area contributed by atoms with Gasteiger partial charge in [0.15, 0.2) is 0 Å². The maximum Gasteiger partial charge on any atom is 0.229 e. The van der Waals surface area contributed by atoms with Crippen LogP contribution in [-0.4, -0.2) is 30.5 Å². The molecule has 1 atom stereocenters. The number of hydrogen-bond donors (Lipinski definition) is 0. The number of benzene rings is 3. The molecule has 1 unspecified atom stereocenters. The van der Waals surface area contributed by atoms with E-state index in [4.69, 9.17) is 4.74 Å². The summed E-state index contributed by atoms with van der Waals surface area (Å²) in [4.78, 5) is 17.2. The van der Waals surface area contributed by atoms with Gasteiger partial charge in [-0.2, -0.15) is 5.26 Å². The van der Waals surface area contributed by atoms with Crippen molar-refractivity contribution in [2.75, 3.05) is 24.6 Å². The maximum atomic E-state index is 13.3. The Morgan fingerprint density at radius 1 is 1.06 bits per heavy atom. The first-order valence-electron chi connectivity index (χ1n) is 10.1. The van der Waals surface area contributed by atoms with E-state index in [0.717, 1.165) is 27.1 Å². The number of fused-ring (bicyclic) bond motifs is 2. The van der Waals surface area contributed by atoms with Crippen LogP contribution < -0.4 is 9.64 Å². The fourth-order valence-corrected chi connectivity index (χ4v) is 5.59. The van der Waals surface area contributed by atoms with E-state index in [1.165, 1.54) is 0 Å². The Labute approximate surface area is 185 Å². The predicted octanol–water partition coefficient (Wildman–Crippen LogP) is 5.07. The van der Waals surface area contributed by atoms with Gasteiger partial charge in [-0.1, -0.05) is 60.3 Å². The SMILES string of the molecule is COc1ccc2ccccc2c1C1CC(=O)N2CN(c3ccccc3)CSC2=C1C#N. The molecule has 2 aliphatic heterocycles. The molecule has 1 amide bonds. The van der Waals surface area contributed by atoms with Gasteiger partial charge < -0.3 is 9.64 Å². The second-order valence-electron chi connectivity index (χ2n) is 7.60. The van der Waals surface area contributed by atoms with Crippen molar-refractivity contribution in [2.45, 2.75) is 12.3 Å². The topological polar surface area (TPSA) is 56.6 Å². The van der Waals surface area contributed by atoms with Gasteiger partial charge in [0, 0.05) is 23.6 Å². The summed E-state index contributed by atoms with van der Waals surface area (Å²) in [6.07, 6.45) is 0.250. The minimum atomic E-state index is -0.319. The summed E-state index contributed by atoms with van der Waals surface area (Å²) in [7, 11) is 1.64. The lowest BCUT2D eigenvalue weighted by molar-refractivity contribution is -0.129. The summed E-state index contributed by atoms with van der Waals surface area (Å²) in [6, 6.07) is 24.5. The van der Waals surface area contributed by atoms with Crippen LogP contribution in [0.3, 0.4) is 0 Å². The molecule has 31 heavy (non-hydrogen) atoms. The van der Waals surface area contributed by atoms with Crippen molar-refractivity contribution >= 4 is 34.1 Å². The van der Waals surface area contributed by atoms with Crippen molar-refractivity contribution in [3.8, 4) is 11.8 Å². The number of allylic oxidation sites excluding steroid dienone is 1. The molecule has 5 nitrogen and oxygen atoms in total. The highest BCUT2D eigenvalue weighted by atomic mass is 32.2. The zero-order valence-corrected chi connectivity index (χ0v) is 17.9. The second-order valence-corrected chi connectivity index (χ2v) is 8.54. The van der Waals surface area contributed by atoms with Gasteiger partial charge in [-0.15, -0.1) is 0 Å². The number of methoxy groups -OCH3 is 1. The summed E-state index contributed by atoms with van der Waals surface area (Å²) in [6.45, 7) is 0.454. The number of amides is 1. The molecule has 1 fully saturated rings. The molecule has 0 N–H and O–H groups in total. The number of carbonyl (C=O) groups excluding carboxylic acids is 1. The van der Waals surface area contributed by atoms with Crippen molar-refractivity contribution in [2.24, 2.45) is 0 Å². The van der Waals surface area contributed by atoms with Crippen molar-refractivity contribution in [3.63, 3.8) is 0 Å². The van der Waals surface area contributed by atoms with Crippen LogP contribution in [0.25, 0.3) is 10.8 Å². The van der Waals surface area contributed by atoms with Gasteiger partial charge in [-0.05, 0) is 29.0 Å². The molecular weight excluding hydrogens is 406 g/mol. The van der Waals surface area contributed by atoms with E-state index < -0.39 is 0 Å². The number of anilines is 1. The minimum Gasteiger partial charge on any atom is -0.496 e. The average Bonchev–Trinajstić information content (AvgIpc) is 2.83. The number of carbonyl (C=O) groups is 1. The molecule has 0 bridgehead atoms. The first-order valence-corrected chi connectivity index (χ1v) is 11.1. The predicted molar refractivity (Wildman–Crippen MR) is 124 cm³/mol. The van der Waals surface area contributed by atoms with Crippen molar-refractivity contribution in [1.82, 2.24) is 4.90 Å². The van der Waals surface area contributed by atoms with Gasteiger partial charge >= 0.3 is 0 Å². The van der Waals surface area contributed by atoms with E-state index >= 15 is 0 Å². The molecule has 0 aliphatic carbocycles. The minimum absolute atomic E-state index is 0.0297. The lowest BCUT2D eigenvalue weighted by atomic mass is 9.83. The van der Waals surface area contributed by atoms with Crippen molar-refractivity contribution < 1.29 is 9.53 Å². The van der Waals surface area contributed by atoms with Crippen LogP contribution in [0.1, 0.15) is 17.9 Å². The number of nitriles is 1. The smallest absolute Gasteiger partial charge is 0.229 e. The van der Waals surface area contributed by atoms with Crippen LogP contribution in [0.15, 0.2) is 77.3 Å². The number of para-hydroxylation sites is 1. The van der Waals surface area contributed by atoms with Crippen LogP contribution in [-0.2, 0) is 4.79 Å². The Morgan fingerprint density at radius 2 is 1.84 bits per heavy atom. The van der Waals surface area contributed by atoms with E-state index in [1.54, 1.807) is 23.8 Å². The van der Waals surface area contributed by atoms with Crippen LogP contribution in [0, 0.1) is 11.3 Å². The monoisotopic (exact) mass is 427 g/mol. The normalized spacial score (nSPS) is 18.7. The second kappa shape index (κ2) is 8.01. The van der Waals surface area contributed by atoms with Gasteiger partial charge in [-0.3, -0.25) is 9.69 Å². The van der Waals surface area contributed by atoms with Gasteiger partial charge in [0.2, 0.25) is 5.91 Å². The fraction of sp³-hybridized carbons (Fsp3) is 0.200. The van der Waals surface area contributed by atoms with E-state index in [2.05, 4.69) is 11.0 Å². The van der Waals surface area contributed by atoms with Crippen LogP contribution in [0.4, 0.5) is 5.69 Å². The third-order valence-electron chi connectivity index (χ3n) is 5.91. The summed E-state index contributed by atoms with van der Waals surface area (Å²) in [5, 5.41) is 13.0. The number of hydrogen-bond acceptors (Lipinski definition) is 5. The summed E-state index contributed by atoms with van der Waals surface area (Å²) in [5.74, 6) is 1.11. The van der Waals surface area contributed by atoms with Gasteiger partial charge in [-0.25, -0.2) is 0 Å². The average molecular weight is 428 g/mol. The Balaban J connectivity index is 1.60. The molecule has 2 heterocycles. The molecule has 3 aromatic rings. The molecular formula is C25H21N3O2S. The van der Waals surface area contributed by atoms with E-state index in [9.17, 15) is 10.1 Å². The Bertz CT molecular complexity index is 1230. The Morgan fingerprint density at radius 3 is 2.61 bits per heavy atom. The van der Waals surface area contributed by atoms with Crippen molar-refractivity contribution in [3.05, 3.63) is 82.9 Å². The summed E-state index contributed by atoms with van der Waals surface area (Å²) < 4.78 is 5.67. The molecule has 0 saturated carbocycles. The van der Waals surface area contributed by atoms with Crippen molar-refractivity contribution in [1.29, 1.82) is 5.26 Å². The largest absolute Gasteiger partial charge is 0.496 e. The molecule has 0 spiro atoms. The molecule has 2 aliphatic rings. The molecule has 154 valence electrons. The van der Waals surface area contributed by atoms with E-state index in [1.807, 2.05) is 66.7 Å². The lowest BCUT2D eigenvalue weighted by Crippen LogP contribution is -2.47. The lowest BCUT2D eigenvalue weighted by Gasteiger charge is -2.42. The van der Waals surface area contributed by atoms with Gasteiger partial charge in [0.25, 0.3) is 0 Å². The van der Waals surface area contributed by atoms with Gasteiger partial charge in [0.05, 0.1) is 36.3 Å². The van der Waals surface area contributed by atoms with Gasteiger partial charge in [0.1, 0.15) is 5.75 Å². The highest BCUT2D eigenvalue weighted by Gasteiger charge is 2.39. The highest BCUT2D eigenvalue weighted by Crippen LogP contribution is 2.47.